The van der Waals surface area contributed by atoms with Crippen LogP contribution in [0.5, 0.6) is 0 Å². The Kier molecular flexibility index (Phi) is 4.78. The Balaban J connectivity index is 1.93. The Bertz CT molecular complexity index is 1050. The lowest BCUT2D eigenvalue weighted by Crippen LogP contribution is -2.00. The molecule has 4 aromatic rings. The normalized spacial score (nSPS) is 10.7. The topological polar surface area (TPSA) is 38.7 Å². The van der Waals surface area contributed by atoms with Crippen LogP contribution >= 0.6 is 27.5 Å². The molecule has 0 fully saturated rings. The minimum atomic E-state index is 0.612. The van der Waals surface area contributed by atoms with Gasteiger partial charge < -0.3 is 0 Å². The maximum Gasteiger partial charge on any atom is 0.165 e. The van der Waals surface area contributed by atoms with Crippen LogP contribution < -0.4 is 0 Å². The lowest BCUT2D eigenvalue weighted by Gasteiger charge is -2.09. The van der Waals surface area contributed by atoms with Crippen LogP contribution in [0.1, 0.15) is 0 Å². The van der Waals surface area contributed by atoms with E-state index in [4.69, 9.17) is 21.6 Å². The van der Waals surface area contributed by atoms with Gasteiger partial charge in [-0.3, -0.25) is 0 Å². The molecule has 0 saturated heterocycles. The average molecular weight is 423 g/mol. The van der Waals surface area contributed by atoms with E-state index in [0.29, 0.717) is 22.5 Å². The fourth-order valence-corrected chi connectivity index (χ4v) is 3.17. The van der Waals surface area contributed by atoms with Gasteiger partial charge in [-0.15, -0.1) is 0 Å². The zero-order valence-corrected chi connectivity index (χ0v) is 15.9. The average Bonchev–Trinajstić information content (AvgIpc) is 2.69. The highest BCUT2D eigenvalue weighted by molar-refractivity contribution is 9.10. The second-order valence-corrected chi connectivity index (χ2v) is 6.95. The molecule has 0 unspecified atom stereocenters. The second-order valence-electron chi connectivity index (χ2n) is 5.66. The molecule has 0 atom stereocenters. The van der Waals surface area contributed by atoms with E-state index in [-0.39, 0.29) is 0 Å². The molecule has 0 saturated carbocycles. The Labute approximate surface area is 164 Å². The van der Waals surface area contributed by atoms with E-state index in [9.17, 15) is 0 Å². The Morgan fingerprint density at radius 1 is 0.577 bits per heavy atom. The van der Waals surface area contributed by atoms with Crippen LogP contribution in [0.15, 0.2) is 83.3 Å². The zero-order valence-electron chi connectivity index (χ0n) is 13.6. The first-order chi connectivity index (χ1) is 12.7. The van der Waals surface area contributed by atoms with Gasteiger partial charge in [0.25, 0.3) is 0 Å². The molecular formula is C21H13BrClN3. The summed E-state index contributed by atoms with van der Waals surface area (Å²) in [5.41, 5.74) is 2.75. The summed E-state index contributed by atoms with van der Waals surface area (Å²) in [4.78, 5) is 14.1. The zero-order chi connectivity index (χ0) is 17.9. The van der Waals surface area contributed by atoms with Crippen molar-refractivity contribution < 1.29 is 0 Å². The first kappa shape index (κ1) is 16.9. The minimum Gasteiger partial charge on any atom is -0.208 e. The second kappa shape index (κ2) is 7.36. The highest BCUT2D eigenvalue weighted by atomic mass is 79.9. The van der Waals surface area contributed by atoms with Gasteiger partial charge in [-0.05, 0) is 30.3 Å². The van der Waals surface area contributed by atoms with E-state index in [0.717, 1.165) is 21.2 Å². The first-order valence-corrected chi connectivity index (χ1v) is 9.20. The van der Waals surface area contributed by atoms with E-state index in [1.807, 2.05) is 78.9 Å². The van der Waals surface area contributed by atoms with Crippen LogP contribution in [0.4, 0.5) is 0 Å². The van der Waals surface area contributed by atoms with Crippen molar-refractivity contribution in [3.05, 3.63) is 88.4 Å². The molecule has 0 amide bonds. The standard InChI is InChI=1S/C21H13BrClN3/c22-18-9-5-4-8-17(18)21-25-19(14-6-2-1-3-7-14)24-20(26-21)15-10-12-16(23)13-11-15/h1-13H. The van der Waals surface area contributed by atoms with Crippen molar-refractivity contribution in [2.24, 2.45) is 0 Å². The van der Waals surface area contributed by atoms with Crippen molar-refractivity contribution >= 4 is 27.5 Å². The highest BCUT2D eigenvalue weighted by Gasteiger charge is 2.13. The number of rotatable bonds is 3. The van der Waals surface area contributed by atoms with Gasteiger partial charge in [0.1, 0.15) is 0 Å². The summed E-state index contributed by atoms with van der Waals surface area (Å²) in [7, 11) is 0. The molecule has 0 aliphatic heterocycles. The first-order valence-electron chi connectivity index (χ1n) is 8.03. The van der Waals surface area contributed by atoms with Crippen molar-refractivity contribution in [2.75, 3.05) is 0 Å². The molecule has 0 aliphatic carbocycles. The number of benzene rings is 3. The number of hydrogen-bond donors (Lipinski definition) is 0. The van der Waals surface area contributed by atoms with Crippen molar-refractivity contribution in [1.82, 2.24) is 15.0 Å². The summed E-state index contributed by atoms with van der Waals surface area (Å²) in [6, 6.07) is 25.3. The molecule has 0 spiro atoms. The molecule has 0 N–H and O–H groups in total. The predicted molar refractivity (Wildman–Crippen MR) is 109 cm³/mol. The maximum atomic E-state index is 6.01. The van der Waals surface area contributed by atoms with Gasteiger partial charge in [0, 0.05) is 26.2 Å². The van der Waals surface area contributed by atoms with Gasteiger partial charge in [-0.25, -0.2) is 15.0 Å². The SMILES string of the molecule is Clc1ccc(-c2nc(-c3ccccc3)nc(-c3ccccc3Br)n2)cc1. The molecule has 1 heterocycles. The van der Waals surface area contributed by atoms with Crippen molar-refractivity contribution in [3.63, 3.8) is 0 Å². The summed E-state index contributed by atoms with van der Waals surface area (Å²) in [6.45, 7) is 0. The van der Waals surface area contributed by atoms with Crippen LogP contribution in [-0.2, 0) is 0 Å². The monoisotopic (exact) mass is 421 g/mol. The highest BCUT2D eigenvalue weighted by Crippen LogP contribution is 2.29. The molecule has 126 valence electrons. The van der Waals surface area contributed by atoms with Gasteiger partial charge >= 0.3 is 0 Å². The molecule has 3 aromatic carbocycles. The molecule has 0 bridgehead atoms. The summed E-state index contributed by atoms with van der Waals surface area (Å²) in [6.07, 6.45) is 0. The lowest BCUT2D eigenvalue weighted by atomic mass is 10.1. The van der Waals surface area contributed by atoms with Crippen LogP contribution in [0.3, 0.4) is 0 Å². The molecule has 0 radical (unpaired) electrons. The third kappa shape index (κ3) is 3.52. The maximum absolute atomic E-state index is 6.01. The van der Waals surface area contributed by atoms with Crippen molar-refractivity contribution in [1.29, 1.82) is 0 Å². The Hall–Kier alpha value is -2.56. The van der Waals surface area contributed by atoms with Gasteiger partial charge in [-0.1, -0.05) is 76.1 Å². The van der Waals surface area contributed by atoms with Crippen LogP contribution in [0.2, 0.25) is 5.02 Å². The van der Waals surface area contributed by atoms with Gasteiger partial charge in [0.05, 0.1) is 0 Å². The van der Waals surface area contributed by atoms with Gasteiger partial charge in [-0.2, -0.15) is 0 Å². The predicted octanol–water partition coefficient (Wildman–Crippen LogP) is 6.29. The van der Waals surface area contributed by atoms with Crippen LogP contribution in [0.25, 0.3) is 34.2 Å². The third-order valence-corrected chi connectivity index (χ3v) is 4.83. The van der Waals surface area contributed by atoms with Crippen LogP contribution in [0, 0.1) is 0 Å². The van der Waals surface area contributed by atoms with E-state index in [2.05, 4.69) is 20.9 Å². The number of hydrogen-bond acceptors (Lipinski definition) is 3. The summed E-state index contributed by atoms with van der Waals surface area (Å²) >= 11 is 9.60. The Morgan fingerprint density at radius 3 is 1.77 bits per heavy atom. The molecule has 4 rings (SSSR count). The smallest absolute Gasteiger partial charge is 0.165 e. The van der Waals surface area contributed by atoms with E-state index in [1.54, 1.807) is 0 Å². The minimum absolute atomic E-state index is 0.612. The van der Waals surface area contributed by atoms with Crippen molar-refractivity contribution in [3.8, 4) is 34.2 Å². The molecule has 26 heavy (non-hydrogen) atoms. The number of halogens is 2. The van der Waals surface area contributed by atoms with Gasteiger partial charge in [0.2, 0.25) is 0 Å². The van der Waals surface area contributed by atoms with E-state index >= 15 is 0 Å². The van der Waals surface area contributed by atoms with Crippen LogP contribution in [-0.4, -0.2) is 15.0 Å². The summed E-state index contributed by atoms with van der Waals surface area (Å²) in [5.74, 6) is 1.87. The fourth-order valence-electron chi connectivity index (χ4n) is 2.58. The fraction of sp³-hybridized carbons (Fsp3) is 0. The molecule has 0 aliphatic rings. The number of aromatic nitrogens is 3. The lowest BCUT2D eigenvalue weighted by molar-refractivity contribution is 1.07. The molecule has 1 aromatic heterocycles. The van der Waals surface area contributed by atoms with Gasteiger partial charge in [0.15, 0.2) is 17.5 Å². The third-order valence-electron chi connectivity index (χ3n) is 3.88. The summed E-state index contributed by atoms with van der Waals surface area (Å²) in [5, 5.41) is 0.678. The van der Waals surface area contributed by atoms with E-state index in [1.165, 1.54) is 0 Å². The van der Waals surface area contributed by atoms with E-state index < -0.39 is 0 Å². The molecule has 5 heteroatoms. The molecule has 3 nitrogen and oxygen atoms in total. The largest absolute Gasteiger partial charge is 0.208 e. The summed E-state index contributed by atoms with van der Waals surface area (Å²) < 4.78 is 0.937. The number of nitrogens with zero attached hydrogens (tertiary/aromatic N) is 3. The molecular weight excluding hydrogens is 410 g/mol. The van der Waals surface area contributed by atoms with Crippen molar-refractivity contribution in [2.45, 2.75) is 0 Å². The Morgan fingerprint density at radius 2 is 1.12 bits per heavy atom. The quantitative estimate of drug-likeness (QED) is 0.389.